The maximum absolute atomic E-state index is 5.51. The molecule has 1 aromatic rings. The zero-order valence-corrected chi connectivity index (χ0v) is 9.48. The topological polar surface area (TPSA) is 56.3 Å². The molecular weight excluding hydrogens is 206 g/mol. The molecule has 5 heteroatoms. The Morgan fingerprint density at radius 1 is 1.50 bits per heavy atom. The normalized spacial score (nSPS) is 19.7. The van der Waals surface area contributed by atoms with E-state index in [-0.39, 0.29) is 0 Å². The Labute approximate surface area is 95.2 Å². The van der Waals surface area contributed by atoms with Crippen LogP contribution in [0.2, 0.25) is 0 Å². The molecule has 0 aromatic carbocycles. The van der Waals surface area contributed by atoms with E-state index < -0.39 is 0 Å². The zero-order chi connectivity index (χ0) is 11.2. The lowest BCUT2D eigenvalue weighted by Crippen LogP contribution is -2.28. The highest BCUT2D eigenvalue weighted by molar-refractivity contribution is 5.11. The maximum atomic E-state index is 5.51. The summed E-state index contributed by atoms with van der Waals surface area (Å²) in [7, 11) is 0. The maximum Gasteiger partial charge on any atom is 0.319 e. The predicted molar refractivity (Wildman–Crippen MR) is 59.7 cm³/mol. The molecule has 0 radical (unpaired) electrons. The standard InChI is InChI=1S/C11H17N3O2/c1-2-15-10-5-7-13-11(14-10)16-8-9-4-3-6-12-9/h5,7,9,12H,2-4,6,8H2,1H3. The molecule has 88 valence electrons. The van der Waals surface area contributed by atoms with Crippen LogP contribution in [0, 0.1) is 0 Å². The summed E-state index contributed by atoms with van der Waals surface area (Å²) < 4.78 is 10.8. The lowest BCUT2D eigenvalue weighted by Gasteiger charge is -2.10. The highest BCUT2D eigenvalue weighted by Gasteiger charge is 2.15. The molecule has 1 N–H and O–H groups in total. The average Bonchev–Trinajstić information content (AvgIpc) is 2.80. The van der Waals surface area contributed by atoms with Gasteiger partial charge in [0.05, 0.1) is 6.61 Å². The highest BCUT2D eigenvalue weighted by Crippen LogP contribution is 2.11. The smallest absolute Gasteiger partial charge is 0.319 e. The third-order valence-electron chi connectivity index (χ3n) is 2.48. The van der Waals surface area contributed by atoms with Gasteiger partial charge in [0.1, 0.15) is 6.61 Å². The summed E-state index contributed by atoms with van der Waals surface area (Å²) in [6.07, 6.45) is 4.02. The molecular formula is C11H17N3O2. The first-order valence-electron chi connectivity index (χ1n) is 5.70. The van der Waals surface area contributed by atoms with Gasteiger partial charge in [0, 0.05) is 18.3 Å². The van der Waals surface area contributed by atoms with Gasteiger partial charge in [0.15, 0.2) is 0 Å². The van der Waals surface area contributed by atoms with Crippen molar-refractivity contribution in [3.63, 3.8) is 0 Å². The van der Waals surface area contributed by atoms with E-state index in [4.69, 9.17) is 9.47 Å². The van der Waals surface area contributed by atoms with Crippen LogP contribution >= 0.6 is 0 Å². The molecule has 1 aliphatic heterocycles. The van der Waals surface area contributed by atoms with Gasteiger partial charge in [-0.15, -0.1) is 0 Å². The van der Waals surface area contributed by atoms with Gasteiger partial charge in [-0.25, -0.2) is 4.98 Å². The Hall–Kier alpha value is -1.36. The molecule has 0 saturated carbocycles. The minimum atomic E-state index is 0.389. The van der Waals surface area contributed by atoms with Crippen LogP contribution in [0.25, 0.3) is 0 Å². The van der Waals surface area contributed by atoms with Gasteiger partial charge in [-0.1, -0.05) is 0 Å². The number of nitrogens with one attached hydrogen (secondary N) is 1. The first-order valence-corrected chi connectivity index (χ1v) is 5.70. The lowest BCUT2D eigenvalue weighted by atomic mass is 10.2. The monoisotopic (exact) mass is 223 g/mol. The fourth-order valence-electron chi connectivity index (χ4n) is 1.70. The molecule has 0 bridgehead atoms. The Kier molecular flexibility index (Phi) is 3.93. The van der Waals surface area contributed by atoms with Gasteiger partial charge >= 0.3 is 6.01 Å². The molecule has 1 atom stereocenters. The minimum absolute atomic E-state index is 0.389. The van der Waals surface area contributed by atoms with E-state index in [1.54, 1.807) is 12.3 Å². The summed E-state index contributed by atoms with van der Waals surface area (Å²) in [5.74, 6) is 0.562. The van der Waals surface area contributed by atoms with Crippen LogP contribution in [-0.4, -0.2) is 35.8 Å². The van der Waals surface area contributed by atoms with Crippen molar-refractivity contribution in [2.24, 2.45) is 0 Å². The van der Waals surface area contributed by atoms with E-state index in [1.165, 1.54) is 6.42 Å². The van der Waals surface area contributed by atoms with Crippen molar-refractivity contribution in [2.75, 3.05) is 19.8 Å². The van der Waals surface area contributed by atoms with Crippen LogP contribution in [0.15, 0.2) is 12.3 Å². The summed E-state index contributed by atoms with van der Waals surface area (Å²) in [5.41, 5.74) is 0. The van der Waals surface area contributed by atoms with E-state index >= 15 is 0 Å². The number of nitrogens with zero attached hydrogens (tertiary/aromatic N) is 2. The van der Waals surface area contributed by atoms with Crippen molar-refractivity contribution in [3.05, 3.63) is 12.3 Å². The minimum Gasteiger partial charge on any atom is -0.478 e. The van der Waals surface area contributed by atoms with E-state index in [2.05, 4.69) is 15.3 Å². The fraction of sp³-hybridized carbons (Fsp3) is 0.636. The van der Waals surface area contributed by atoms with Crippen molar-refractivity contribution in [2.45, 2.75) is 25.8 Å². The molecule has 5 nitrogen and oxygen atoms in total. The van der Waals surface area contributed by atoms with Crippen molar-refractivity contribution >= 4 is 0 Å². The van der Waals surface area contributed by atoms with E-state index in [9.17, 15) is 0 Å². The molecule has 1 aliphatic rings. The summed E-state index contributed by atoms with van der Waals surface area (Å²) in [6.45, 7) is 4.22. The summed E-state index contributed by atoms with van der Waals surface area (Å²) >= 11 is 0. The third kappa shape index (κ3) is 3.06. The molecule has 1 fully saturated rings. The van der Waals surface area contributed by atoms with Crippen LogP contribution in [0.5, 0.6) is 11.9 Å². The summed E-state index contributed by atoms with van der Waals surface area (Å²) in [5, 5.41) is 3.35. The molecule has 0 amide bonds. The summed E-state index contributed by atoms with van der Waals surface area (Å²) in [6, 6.07) is 2.54. The average molecular weight is 223 g/mol. The zero-order valence-electron chi connectivity index (χ0n) is 9.48. The van der Waals surface area contributed by atoms with Crippen molar-refractivity contribution in [1.29, 1.82) is 0 Å². The molecule has 16 heavy (non-hydrogen) atoms. The number of hydrogen-bond donors (Lipinski definition) is 1. The SMILES string of the molecule is CCOc1ccnc(OCC2CCCN2)n1. The Balaban J connectivity index is 1.85. The molecule has 1 saturated heterocycles. The van der Waals surface area contributed by atoms with Gasteiger partial charge in [0.2, 0.25) is 5.88 Å². The molecule has 0 spiro atoms. The Morgan fingerprint density at radius 2 is 2.44 bits per heavy atom. The van der Waals surface area contributed by atoms with Gasteiger partial charge in [-0.2, -0.15) is 4.98 Å². The number of hydrogen-bond acceptors (Lipinski definition) is 5. The number of rotatable bonds is 5. The molecule has 2 heterocycles. The molecule has 1 unspecified atom stereocenters. The number of ether oxygens (including phenoxy) is 2. The molecule has 1 aromatic heterocycles. The lowest BCUT2D eigenvalue weighted by molar-refractivity contribution is 0.249. The second kappa shape index (κ2) is 5.65. The quantitative estimate of drug-likeness (QED) is 0.807. The molecule has 2 rings (SSSR count). The third-order valence-corrected chi connectivity index (χ3v) is 2.48. The van der Waals surface area contributed by atoms with Crippen LogP contribution in [-0.2, 0) is 0 Å². The van der Waals surface area contributed by atoms with Crippen LogP contribution < -0.4 is 14.8 Å². The van der Waals surface area contributed by atoms with Gasteiger partial charge in [-0.05, 0) is 26.3 Å². The Morgan fingerprint density at radius 3 is 3.19 bits per heavy atom. The fourth-order valence-corrected chi connectivity index (χ4v) is 1.70. The van der Waals surface area contributed by atoms with E-state index in [0.29, 0.717) is 31.1 Å². The van der Waals surface area contributed by atoms with Gasteiger partial charge in [0.25, 0.3) is 0 Å². The second-order valence-electron chi connectivity index (χ2n) is 3.71. The molecule has 0 aliphatic carbocycles. The van der Waals surface area contributed by atoms with Crippen molar-refractivity contribution < 1.29 is 9.47 Å². The van der Waals surface area contributed by atoms with Crippen molar-refractivity contribution in [1.82, 2.24) is 15.3 Å². The largest absolute Gasteiger partial charge is 0.478 e. The van der Waals surface area contributed by atoms with E-state index in [1.807, 2.05) is 6.92 Å². The van der Waals surface area contributed by atoms with E-state index in [0.717, 1.165) is 13.0 Å². The van der Waals surface area contributed by atoms with Crippen molar-refractivity contribution in [3.8, 4) is 11.9 Å². The highest BCUT2D eigenvalue weighted by atomic mass is 16.5. The predicted octanol–water partition coefficient (Wildman–Crippen LogP) is 1.01. The van der Waals surface area contributed by atoms with Gasteiger partial charge < -0.3 is 14.8 Å². The first-order chi connectivity index (χ1) is 7.88. The Bertz CT molecular complexity index is 327. The van der Waals surface area contributed by atoms with Crippen LogP contribution in [0.4, 0.5) is 0 Å². The summed E-state index contributed by atoms with van der Waals surface area (Å²) in [4.78, 5) is 8.18. The van der Waals surface area contributed by atoms with Crippen LogP contribution in [0.1, 0.15) is 19.8 Å². The second-order valence-corrected chi connectivity index (χ2v) is 3.71. The first kappa shape index (κ1) is 11.1. The van der Waals surface area contributed by atoms with Gasteiger partial charge in [-0.3, -0.25) is 0 Å². The number of aromatic nitrogens is 2. The van der Waals surface area contributed by atoms with Crippen LogP contribution in [0.3, 0.4) is 0 Å².